The van der Waals surface area contributed by atoms with Crippen LogP contribution in [0.1, 0.15) is 23.7 Å². The van der Waals surface area contributed by atoms with Crippen LogP contribution in [-0.4, -0.2) is 21.2 Å². The topological polar surface area (TPSA) is 72.5 Å². The molecule has 0 fully saturated rings. The van der Waals surface area contributed by atoms with Crippen LogP contribution in [0.15, 0.2) is 53.4 Å². The Kier molecular flexibility index (Phi) is 4.82. The summed E-state index contributed by atoms with van der Waals surface area (Å²) in [4.78, 5) is 11.9. The van der Waals surface area contributed by atoms with Gasteiger partial charge in [-0.25, -0.2) is 0 Å². The van der Waals surface area contributed by atoms with Crippen LogP contribution in [0.2, 0.25) is 0 Å². The third-order valence-corrected chi connectivity index (χ3v) is 4.38. The largest absolute Gasteiger partial charge is 0.387 e. The van der Waals surface area contributed by atoms with Gasteiger partial charge >= 0.3 is 10.1 Å². The highest BCUT2D eigenvalue weighted by Gasteiger charge is 2.17. The zero-order valence-electron chi connectivity index (χ0n) is 12.4. The highest BCUT2D eigenvalue weighted by molar-refractivity contribution is 7.87. The Morgan fingerprint density at radius 2 is 1.82 bits per heavy atom. The molecule has 0 saturated heterocycles. The van der Waals surface area contributed by atoms with Gasteiger partial charge in [-0.05, 0) is 24.3 Å². The molecule has 0 aromatic heterocycles. The van der Waals surface area contributed by atoms with Crippen LogP contribution < -0.4 is 9.50 Å². The number of nitrogens with one attached hydrogen (secondary N) is 1. The molecule has 0 radical (unpaired) electrons. The van der Waals surface area contributed by atoms with Gasteiger partial charge in [-0.15, -0.1) is 0 Å². The van der Waals surface area contributed by atoms with Gasteiger partial charge in [-0.1, -0.05) is 25.1 Å². The lowest BCUT2D eigenvalue weighted by molar-refractivity contribution is 0.0989. The average molecular weight is 319 g/mol. The van der Waals surface area contributed by atoms with E-state index in [1.807, 2.05) is 0 Å². The highest BCUT2D eigenvalue weighted by Crippen LogP contribution is 2.26. The van der Waals surface area contributed by atoms with E-state index in [1.165, 1.54) is 24.3 Å². The fourth-order valence-electron chi connectivity index (χ4n) is 1.98. The molecule has 0 amide bonds. The third-order valence-electron chi connectivity index (χ3n) is 3.12. The van der Waals surface area contributed by atoms with E-state index < -0.39 is 10.1 Å². The summed E-state index contributed by atoms with van der Waals surface area (Å²) in [6.07, 6.45) is 0.372. The smallest absolute Gasteiger partial charge is 0.339 e. The van der Waals surface area contributed by atoms with Crippen LogP contribution in [0.5, 0.6) is 5.75 Å². The molecule has 0 atom stereocenters. The first kappa shape index (κ1) is 16.0. The van der Waals surface area contributed by atoms with Crippen LogP contribution in [0.25, 0.3) is 0 Å². The van der Waals surface area contributed by atoms with Gasteiger partial charge in [0.05, 0.1) is 0 Å². The van der Waals surface area contributed by atoms with E-state index in [0.717, 1.165) is 0 Å². The lowest BCUT2D eigenvalue weighted by atomic mass is 10.1. The average Bonchev–Trinajstić information content (AvgIpc) is 2.54. The van der Waals surface area contributed by atoms with Crippen molar-refractivity contribution in [3.8, 4) is 5.75 Å². The maximum absolute atomic E-state index is 12.2. The molecular weight excluding hydrogens is 302 g/mol. The Bertz CT molecular complexity index is 770. The molecule has 2 aromatic carbocycles. The lowest BCUT2D eigenvalue weighted by Gasteiger charge is -2.11. The first-order valence-electron chi connectivity index (χ1n) is 6.82. The molecule has 0 heterocycles. The maximum Gasteiger partial charge on any atom is 0.339 e. The number of Topliss-reactive ketones (excluding diaryl/α,β-unsaturated/α-hetero) is 1. The van der Waals surface area contributed by atoms with E-state index in [2.05, 4.69) is 5.32 Å². The zero-order chi connectivity index (χ0) is 16.2. The minimum atomic E-state index is -3.89. The number of ketones is 1. The van der Waals surface area contributed by atoms with Crippen molar-refractivity contribution in [1.82, 2.24) is 0 Å². The number of rotatable bonds is 6. The van der Waals surface area contributed by atoms with Gasteiger partial charge in [0.25, 0.3) is 0 Å². The Labute approximate surface area is 130 Å². The van der Waals surface area contributed by atoms with Crippen LogP contribution in [0.3, 0.4) is 0 Å². The number of carbonyl (C=O) groups is 1. The quantitative estimate of drug-likeness (QED) is 0.654. The van der Waals surface area contributed by atoms with Crippen LogP contribution in [-0.2, 0) is 10.1 Å². The highest BCUT2D eigenvalue weighted by atomic mass is 32.2. The van der Waals surface area contributed by atoms with Gasteiger partial charge < -0.3 is 9.50 Å². The standard InChI is InChI=1S/C16H17NO4S/c1-3-16(18)14-10-9-12(11-15(14)17-2)21-22(19,20)13-7-5-4-6-8-13/h4-11,17H,3H2,1-2H3. The van der Waals surface area contributed by atoms with Gasteiger partial charge in [0, 0.05) is 30.8 Å². The molecule has 0 aliphatic carbocycles. The molecule has 2 rings (SSSR count). The summed E-state index contributed by atoms with van der Waals surface area (Å²) < 4.78 is 29.5. The third kappa shape index (κ3) is 3.46. The molecular formula is C16H17NO4S. The molecule has 0 aliphatic heterocycles. The van der Waals surface area contributed by atoms with Gasteiger partial charge in [-0.3, -0.25) is 4.79 Å². The molecule has 0 spiro atoms. The van der Waals surface area contributed by atoms with Crippen molar-refractivity contribution in [2.75, 3.05) is 12.4 Å². The zero-order valence-corrected chi connectivity index (χ0v) is 13.2. The van der Waals surface area contributed by atoms with Crippen molar-refractivity contribution in [2.45, 2.75) is 18.2 Å². The van der Waals surface area contributed by atoms with E-state index in [9.17, 15) is 13.2 Å². The molecule has 0 saturated carbocycles. The van der Waals surface area contributed by atoms with Crippen molar-refractivity contribution in [3.05, 3.63) is 54.1 Å². The SMILES string of the molecule is CCC(=O)c1ccc(OS(=O)(=O)c2ccccc2)cc1NC. The first-order chi connectivity index (χ1) is 10.5. The second-order valence-corrected chi connectivity index (χ2v) is 6.13. The lowest BCUT2D eigenvalue weighted by Crippen LogP contribution is -2.10. The summed E-state index contributed by atoms with van der Waals surface area (Å²) in [5.74, 6) is 0.127. The maximum atomic E-state index is 12.2. The molecule has 0 unspecified atom stereocenters. The Balaban J connectivity index is 2.33. The fraction of sp³-hybridized carbons (Fsp3) is 0.188. The van der Waals surface area contributed by atoms with Crippen LogP contribution >= 0.6 is 0 Å². The summed E-state index contributed by atoms with van der Waals surface area (Å²) >= 11 is 0. The number of anilines is 1. The van der Waals surface area contributed by atoms with Crippen molar-refractivity contribution in [2.24, 2.45) is 0 Å². The van der Waals surface area contributed by atoms with Crippen LogP contribution in [0.4, 0.5) is 5.69 Å². The second-order valence-electron chi connectivity index (χ2n) is 4.58. The molecule has 22 heavy (non-hydrogen) atoms. The molecule has 6 heteroatoms. The molecule has 5 nitrogen and oxygen atoms in total. The van der Waals surface area contributed by atoms with E-state index in [4.69, 9.17) is 4.18 Å². The van der Waals surface area contributed by atoms with Crippen molar-refractivity contribution in [3.63, 3.8) is 0 Å². The number of hydrogen-bond acceptors (Lipinski definition) is 5. The molecule has 0 aliphatic rings. The second kappa shape index (κ2) is 6.62. The molecule has 116 valence electrons. The molecule has 2 aromatic rings. The number of carbonyl (C=O) groups excluding carboxylic acids is 1. The predicted octanol–water partition coefficient (Wildman–Crippen LogP) is 3.09. The van der Waals surface area contributed by atoms with Gasteiger partial charge in [0.2, 0.25) is 0 Å². The molecule has 0 bridgehead atoms. The van der Waals surface area contributed by atoms with Gasteiger partial charge in [0.1, 0.15) is 10.6 Å². The number of benzene rings is 2. The monoisotopic (exact) mass is 319 g/mol. The Hall–Kier alpha value is -2.34. The van der Waals surface area contributed by atoms with Crippen LogP contribution in [0, 0.1) is 0 Å². The minimum Gasteiger partial charge on any atom is -0.387 e. The Morgan fingerprint density at radius 3 is 2.41 bits per heavy atom. The van der Waals surface area contributed by atoms with Crippen molar-refractivity contribution in [1.29, 1.82) is 0 Å². The summed E-state index contributed by atoms with van der Waals surface area (Å²) in [5, 5.41) is 2.88. The van der Waals surface area contributed by atoms with E-state index in [0.29, 0.717) is 17.7 Å². The van der Waals surface area contributed by atoms with Gasteiger partial charge in [0.15, 0.2) is 5.78 Å². The van der Waals surface area contributed by atoms with E-state index in [1.54, 1.807) is 38.2 Å². The fourth-order valence-corrected chi connectivity index (χ4v) is 2.92. The summed E-state index contributed by atoms with van der Waals surface area (Å²) in [6, 6.07) is 12.4. The molecule has 1 N–H and O–H groups in total. The van der Waals surface area contributed by atoms with Gasteiger partial charge in [-0.2, -0.15) is 8.42 Å². The first-order valence-corrected chi connectivity index (χ1v) is 8.23. The minimum absolute atomic E-state index is 0.0261. The summed E-state index contributed by atoms with van der Waals surface area (Å²) in [5.41, 5.74) is 1.04. The number of hydrogen-bond donors (Lipinski definition) is 1. The van der Waals surface area contributed by atoms with E-state index in [-0.39, 0.29) is 16.4 Å². The van der Waals surface area contributed by atoms with E-state index >= 15 is 0 Å². The van der Waals surface area contributed by atoms with Crippen molar-refractivity contribution >= 4 is 21.6 Å². The normalized spacial score (nSPS) is 11.0. The predicted molar refractivity (Wildman–Crippen MR) is 84.9 cm³/mol. The Morgan fingerprint density at radius 1 is 1.14 bits per heavy atom. The van der Waals surface area contributed by atoms with Crippen molar-refractivity contribution < 1.29 is 17.4 Å². The summed E-state index contributed by atoms with van der Waals surface area (Å²) in [6.45, 7) is 1.77. The summed E-state index contributed by atoms with van der Waals surface area (Å²) in [7, 11) is -2.23.